The number of hydrogen-bond donors (Lipinski definition) is 0. The quantitative estimate of drug-likeness (QED) is 0.156. The molecular formula is C19H33NO10Si. The van der Waals surface area contributed by atoms with Gasteiger partial charge < -0.3 is 37.0 Å². The summed E-state index contributed by atoms with van der Waals surface area (Å²) < 4.78 is 43.6. The lowest BCUT2D eigenvalue weighted by Crippen LogP contribution is -2.42. The van der Waals surface area contributed by atoms with Gasteiger partial charge >= 0.3 is 14.5 Å². The molecule has 178 valence electrons. The molecule has 11 nitrogen and oxygen atoms in total. The van der Waals surface area contributed by atoms with Crippen LogP contribution in [-0.4, -0.2) is 69.6 Å². The van der Waals surface area contributed by atoms with Gasteiger partial charge in [0.2, 0.25) is 17.2 Å². The smallest absolute Gasteiger partial charge is 0.492 e. The number of nitro benzene ring substituents is 1. The normalized spacial score (nSPS) is 11.3. The zero-order valence-corrected chi connectivity index (χ0v) is 20.3. The first-order valence-corrected chi connectivity index (χ1v) is 11.7. The van der Waals surface area contributed by atoms with E-state index in [1.165, 1.54) is 21.3 Å². The minimum Gasteiger partial charge on any atom is -0.492 e. The summed E-state index contributed by atoms with van der Waals surface area (Å²) in [5, 5.41) is 11.9. The van der Waals surface area contributed by atoms with Crippen molar-refractivity contribution in [2.75, 3.05) is 55.9 Å². The second-order valence-electron chi connectivity index (χ2n) is 6.25. The van der Waals surface area contributed by atoms with Crippen molar-refractivity contribution in [2.24, 2.45) is 0 Å². The van der Waals surface area contributed by atoms with E-state index in [1.54, 1.807) is 28.3 Å². The van der Waals surface area contributed by atoms with Crippen LogP contribution in [-0.2, 0) is 24.6 Å². The van der Waals surface area contributed by atoms with Crippen molar-refractivity contribution in [1.82, 2.24) is 0 Å². The van der Waals surface area contributed by atoms with E-state index in [0.717, 1.165) is 6.42 Å². The number of benzene rings is 1. The van der Waals surface area contributed by atoms with Gasteiger partial charge in [0.05, 0.1) is 39.5 Å². The lowest BCUT2D eigenvalue weighted by Gasteiger charge is -2.24. The van der Waals surface area contributed by atoms with E-state index in [0.29, 0.717) is 19.1 Å². The SMILES string of the molecule is CCOc1c(OC)c(OC)c(COCCCC[Si](OC)(OC)OC)c([N+](=O)[O-])c1OC. The van der Waals surface area contributed by atoms with Crippen LogP contribution in [0.3, 0.4) is 0 Å². The van der Waals surface area contributed by atoms with E-state index in [-0.39, 0.29) is 47.5 Å². The summed E-state index contributed by atoms with van der Waals surface area (Å²) >= 11 is 0. The second kappa shape index (κ2) is 13.3. The minimum atomic E-state index is -2.63. The number of hydrogen-bond acceptors (Lipinski definition) is 10. The molecule has 0 spiro atoms. The highest BCUT2D eigenvalue weighted by molar-refractivity contribution is 6.60. The molecule has 0 bridgehead atoms. The van der Waals surface area contributed by atoms with Crippen molar-refractivity contribution < 1.29 is 41.9 Å². The van der Waals surface area contributed by atoms with Crippen LogP contribution in [0, 0.1) is 10.1 Å². The summed E-state index contributed by atoms with van der Waals surface area (Å²) in [6.07, 6.45) is 1.43. The van der Waals surface area contributed by atoms with E-state index in [2.05, 4.69) is 0 Å². The molecule has 0 fully saturated rings. The van der Waals surface area contributed by atoms with Crippen LogP contribution < -0.4 is 18.9 Å². The Kier molecular flexibility index (Phi) is 11.6. The third-order valence-electron chi connectivity index (χ3n) is 4.68. The van der Waals surface area contributed by atoms with Gasteiger partial charge in [-0.25, -0.2) is 0 Å². The Labute approximate surface area is 183 Å². The summed E-state index contributed by atoms with van der Waals surface area (Å²) in [6, 6.07) is 0.633. The predicted octanol–water partition coefficient (Wildman–Crippen LogP) is 3.19. The number of nitro groups is 1. The molecule has 1 aromatic carbocycles. The molecular weight excluding hydrogens is 430 g/mol. The monoisotopic (exact) mass is 463 g/mol. The third kappa shape index (κ3) is 6.43. The van der Waals surface area contributed by atoms with Crippen LogP contribution in [0.5, 0.6) is 23.0 Å². The molecule has 1 rings (SSSR count). The fourth-order valence-electron chi connectivity index (χ4n) is 3.16. The summed E-state index contributed by atoms with van der Waals surface area (Å²) in [5.74, 6) is 0.448. The highest BCUT2D eigenvalue weighted by atomic mass is 28.4. The molecule has 0 radical (unpaired) electrons. The first-order valence-electron chi connectivity index (χ1n) is 9.75. The van der Waals surface area contributed by atoms with Crippen molar-refractivity contribution in [3.05, 3.63) is 15.7 Å². The molecule has 12 heteroatoms. The van der Waals surface area contributed by atoms with Gasteiger partial charge in [-0.1, -0.05) is 0 Å². The fraction of sp³-hybridized carbons (Fsp3) is 0.684. The zero-order valence-electron chi connectivity index (χ0n) is 19.3. The number of nitrogens with zero attached hydrogens (tertiary/aromatic N) is 1. The van der Waals surface area contributed by atoms with Crippen molar-refractivity contribution in [2.45, 2.75) is 32.4 Å². The van der Waals surface area contributed by atoms with E-state index in [4.69, 9.17) is 37.0 Å². The molecule has 0 atom stereocenters. The van der Waals surface area contributed by atoms with E-state index < -0.39 is 13.7 Å². The lowest BCUT2D eigenvalue weighted by molar-refractivity contribution is -0.387. The van der Waals surface area contributed by atoms with Gasteiger partial charge in [0.15, 0.2) is 5.75 Å². The van der Waals surface area contributed by atoms with Gasteiger partial charge in [-0.2, -0.15) is 0 Å². The maximum absolute atomic E-state index is 11.9. The fourth-order valence-corrected chi connectivity index (χ4v) is 4.96. The first kappa shape index (κ1) is 26.9. The van der Waals surface area contributed by atoms with Crippen molar-refractivity contribution in [1.29, 1.82) is 0 Å². The highest BCUT2D eigenvalue weighted by Gasteiger charge is 2.37. The maximum atomic E-state index is 11.9. The second-order valence-corrected chi connectivity index (χ2v) is 9.34. The molecule has 31 heavy (non-hydrogen) atoms. The molecule has 0 amide bonds. The predicted molar refractivity (Wildman–Crippen MR) is 114 cm³/mol. The lowest BCUT2D eigenvalue weighted by atomic mass is 10.1. The minimum absolute atomic E-state index is 0.0424. The molecule has 0 aliphatic rings. The Morgan fingerprint density at radius 3 is 1.87 bits per heavy atom. The maximum Gasteiger partial charge on any atom is 0.500 e. The first-order chi connectivity index (χ1) is 14.9. The molecule has 0 N–H and O–H groups in total. The summed E-state index contributed by atoms with van der Waals surface area (Å²) in [4.78, 5) is 11.3. The Hall–Kier alpha value is -2.12. The van der Waals surface area contributed by atoms with Gasteiger partial charge in [0.1, 0.15) is 5.56 Å². The molecule has 1 aromatic rings. The Bertz CT molecular complexity index is 703. The summed E-state index contributed by atoms with van der Waals surface area (Å²) in [5.41, 5.74) is -0.0766. The number of ether oxygens (including phenoxy) is 5. The van der Waals surface area contributed by atoms with Crippen LogP contribution in [0.1, 0.15) is 25.3 Å². The number of unbranched alkanes of at least 4 members (excludes halogenated alkanes) is 1. The molecule has 0 saturated carbocycles. The Morgan fingerprint density at radius 1 is 0.839 bits per heavy atom. The summed E-state index contributed by atoms with van der Waals surface area (Å²) in [6.45, 7) is 2.31. The van der Waals surface area contributed by atoms with E-state index >= 15 is 0 Å². The third-order valence-corrected chi connectivity index (χ3v) is 7.51. The van der Waals surface area contributed by atoms with Crippen LogP contribution >= 0.6 is 0 Å². The largest absolute Gasteiger partial charge is 0.500 e. The summed E-state index contributed by atoms with van der Waals surface area (Å²) in [7, 11) is 6.22. The molecule has 0 aromatic heterocycles. The van der Waals surface area contributed by atoms with Crippen LogP contribution in [0.4, 0.5) is 5.69 Å². The van der Waals surface area contributed by atoms with Gasteiger partial charge in [-0.3, -0.25) is 10.1 Å². The molecule has 0 heterocycles. The van der Waals surface area contributed by atoms with Gasteiger partial charge in [0.25, 0.3) is 0 Å². The average Bonchev–Trinajstić information content (AvgIpc) is 2.78. The molecule has 0 aliphatic carbocycles. The van der Waals surface area contributed by atoms with Crippen LogP contribution in [0.2, 0.25) is 6.04 Å². The Morgan fingerprint density at radius 2 is 1.42 bits per heavy atom. The number of rotatable bonds is 16. The van der Waals surface area contributed by atoms with E-state index in [1.807, 2.05) is 0 Å². The van der Waals surface area contributed by atoms with E-state index in [9.17, 15) is 10.1 Å². The molecule has 0 saturated heterocycles. The topological polar surface area (TPSA) is 117 Å². The van der Waals surface area contributed by atoms with Crippen LogP contribution in [0.15, 0.2) is 0 Å². The van der Waals surface area contributed by atoms with Crippen LogP contribution in [0.25, 0.3) is 0 Å². The Balaban J connectivity index is 3.04. The molecule has 0 unspecified atom stereocenters. The average molecular weight is 464 g/mol. The van der Waals surface area contributed by atoms with Crippen molar-refractivity contribution >= 4 is 14.5 Å². The van der Waals surface area contributed by atoms with Gasteiger partial charge in [-0.15, -0.1) is 0 Å². The molecule has 0 aliphatic heterocycles. The highest BCUT2D eigenvalue weighted by Crippen LogP contribution is 2.53. The zero-order chi connectivity index (χ0) is 23.4. The van der Waals surface area contributed by atoms with Gasteiger partial charge in [-0.05, 0) is 19.8 Å². The van der Waals surface area contributed by atoms with Crippen molar-refractivity contribution in [3.8, 4) is 23.0 Å². The van der Waals surface area contributed by atoms with Gasteiger partial charge in [0, 0.05) is 34.0 Å². The standard InChI is InChI=1S/C19H33NO10Si/c1-8-30-19-17(24-3)15(20(21)22)14(16(23-2)18(19)25-4)13-29-11-9-10-12-31(26-5,27-6)28-7/h8-13H2,1-7H3. The van der Waals surface area contributed by atoms with Crippen molar-refractivity contribution in [3.63, 3.8) is 0 Å². The number of methoxy groups -OCH3 is 3.